The molecule has 1 heterocycles. The van der Waals surface area contributed by atoms with Crippen LogP contribution >= 0.6 is 0 Å². The van der Waals surface area contributed by atoms with Crippen LogP contribution in [-0.2, 0) is 14.4 Å². The minimum Gasteiger partial charge on any atom is -0.369 e. The van der Waals surface area contributed by atoms with Gasteiger partial charge in [-0.15, -0.1) is 5.06 Å². The maximum atomic E-state index is 11.7. The van der Waals surface area contributed by atoms with Crippen molar-refractivity contribution in [1.82, 2.24) is 5.06 Å². The van der Waals surface area contributed by atoms with E-state index in [9.17, 15) is 9.59 Å². The maximum absolute atomic E-state index is 11.7. The Morgan fingerprint density at radius 1 is 1.33 bits per heavy atom. The van der Waals surface area contributed by atoms with Crippen molar-refractivity contribution in [2.75, 3.05) is 0 Å². The molecule has 104 valence electrons. The van der Waals surface area contributed by atoms with Gasteiger partial charge < -0.3 is 10.6 Å². The zero-order valence-corrected chi connectivity index (χ0v) is 11.9. The largest absolute Gasteiger partial charge is 0.369 e. The van der Waals surface area contributed by atoms with Crippen LogP contribution in [0.15, 0.2) is 0 Å². The maximum Gasteiger partial charge on any atom is 0.325 e. The number of carbonyl (C=O) groups is 2. The topological polar surface area (TPSA) is 72.6 Å². The predicted octanol–water partition coefficient (Wildman–Crippen LogP) is 1.61. The van der Waals surface area contributed by atoms with E-state index in [1.165, 1.54) is 0 Å². The molecule has 5 heteroatoms. The summed E-state index contributed by atoms with van der Waals surface area (Å²) in [5, 5.41) is 1.65. The van der Waals surface area contributed by atoms with Gasteiger partial charge in [0.05, 0.1) is 17.0 Å². The lowest BCUT2D eigenvalue weighted by Crippen LogP contribution is -2.52. The second kappa shape index (κ2) is 4.88. The monoisotopic (exact) mass is 256 g/mol. The second-order valence-corrected chi connectivity index (χ2v) is 6.13. The van der Waals surface area contributed by atoms with Crippen molar-refractivity contribution in [3.8, 4) is 0 Å². The highest BCUT2D eigenvalue weighted by atomic mass is 16.7. The van der Waals surface area contributed by atoms with Gasteiger partial charge >= 0.3 is 5.97 Å². The number of hydrogen-bond acceptors (Lipinski definition) is 4. The molecule has 1 saturated heterocycles. The minimum atomic E-state index is -0.571. The van der Waals surface area contributed by atoms with Crippen LogP contribution in [0.4, 0.5) is 0 Å². The molecule has 1 rings (SSSR count). The molecule has 1 atom stereocenters. The molecule has 1 aliphatic rings. The fourth-order valence-electron chi connectivity index (χ4n) is 2.80. The number of hydrogen-bond donors (Lipinski definition) is 1. The number of nitrogens with zero attached hydrogens (tertiary/aromatic N) is 1. The number of amides is 1. The Labute approximate surface area is 109 Å². The van der Waals surface area contributed by atoms with Crippen LogP contribution in [0.3, 0.4) is 0 Å². The van der Waals surface area contributed by atoms with Gasteiger partial charge in [-0.3, -0.25) is 9.59 Å². The molecule has 1 fully saturated rings. The van der Waals surface area contributed by atoms with Gasteiger partial charge in [-0.05, 0) is 40.5 Å². The van der Waals surface area contributed by atoms with E-state index in [0.717, 1.165) is 6.42 Å². The van der Waals surface area contributed by atoms with E-state index >= 15 is 0 Å². The Bertz CT molecular complexity index is 350. The van der Waals surface area contributed by atoms with Gasteiger partial charge in [-0.1, -0.05) is 6.92 Å². The Hall–Kier alpha value is -1.10. The van der Waals surface area contributed by atoms with Gasteiger partial charge in [0, 0.05) is 6.42 Å². The fourth-order valence-corrected chi connectivity index (χ4v) is 2.80. The van der Waals surface area contributed by atoms with Crippen LogP contribution in [0.5, 0.6) is 0 Å². The van der Waals surface area contributed by atoms with E-state index in [-0.39, 0.29) is 23.3 Å². The third kappa shape index (κ3) is 2.66. The van der Waals surface area contributed by atoms with Crippen molar-refractivity contribution in [2.45, 2.75) is 65.0 Å². The number of nitrogens with two attached hydrogens (primary N) is 1. The number of rotatable bonds is 4. The first-order chi connectivity index (χ1) is 8.13. The molecule has 2 N–H and O–H groups in total. The molecule has 1 aliphatic heterocycles. The highest BCUT2D eigenvalue weighted by Crippen LogP contribution is 2.45. The fraction of sp³-hybridized carbons (Fsp3) is 0.846. The average molecular weight is 256 g/mol. The molecule has 0 bridgehead atoms. The number of primary amides is 1. The summed E-state index contributed by atoms with van der Waals surface area (Å²) in [6.45, 7) is 9.61. The van der Waals surface area contributed by atoms with Gasteiger partial charge in [0.2, 0.25) is 5.91 Å². The van der Waals surface area contributed by atoms with Crippen LogP contribution in [0.25, 0.3) is 0 Å². The van der Waals surface area contributed by atoms with Gasteiger partial charge in [0.1, 0.15) is 0 Å². The lowest BCUT2D eigenvalue weighted by Gasteiger charge is -2.38. The molecule has 0 saturated carbocycles. The zero-order chi connectivity index (χ0) is 14.1. The molecule has 5 nitrogen and oxygen atoms in total. The molecular weight excluding hydrogens is 232 g/mol. The van der Waals surface area contributed by atoms with E-state index in [4.69, 9.17) is 10.6 Å². The first kappa shape index (κ1) is 15.0. The summed E-state index contributed by atoms with van der Waals surface area (Å²) in [5.74, 6) is -0.923. The van der Waals surface area contributed by atoms with Gasteiger partial charge in [0.15, 0.2) is 0 Å². The Kier molecular flexibility index (Phi) is 4.05. The zero-order valence-electron chi connectivity index (χ0n) is 11.9. The summed E-state index contributed by atoms with van der Waals surface area (Å²) >= 11 is 0. The van der Waals surface area contributed by atoms with E-state index in [0.29, 0.717) is 12.8 Å². The van der Waals surface area contributed by atoms with Crippen LogP contribution in [0.2, 0.25) is 0 Å². The standard InChI is InChI=1S/C13H24N2O3/c1-6-7-10(16)18-15-12(2,3)8-9(11(14)17)13(15,4)5/h9H,6-8H2,1-5H3,(H2,14,17). The summed E-state index contributed by atoms with van der Waals surface area (Å²) < 4.78 is 0. The summed E-state index contributed by atoms with van der Waals surface area (Å²) in [7, 11) is 0. The lowest BCUT2D eigenvalue weighted by molar-refractivity contribution is -0.236. The highest BCUT2D eigenvalue weighted by molar-refractivity contribution is 5.79. The second-order valence-electron chi connectivity index (χ2n) is 6.13. The van der Waals surface area contributed by atoms with Gasteiger partial charge in [0.25, 0.3) is 0 Å². The van der Waals surface area contributed by atoms with Crippen molar-refractivity contribution < 1.29 is 14.4 Å². The average Bonchev–Trinajstić information content (AvgIpc) is 2.38. The molecule has 1 unspecified atom stereocenters. The first-order valence-electron chi connectivity index (χ1n) is 6.43. The normalized spacial score (nSPS) is 25.9. The molecule has 1 amide bonds. The third-order valence-corrected chi connectivity index (χ3v) is 3.62. The van der Waals surface area contributed by atoms with Crippen LogP contribution < -0.4 is 5.73 Å². The van der Waals surface area contributed by atoms with Crippen LogP contribution in [0.1, 0.15) is 53.9 Å². The first-order valence-corrected chi connectivity index (χ1v) is 6.43. The number of hydroxylamine groups is 2. The Morgan fingerprint density at radius 2 is 1.89 bits per heavy atom. The van der Waals surface area contributed by atoms with Crippen molar-refractivity contribution in [3.05, 3.63) is 0 Å². The molecule has 0 radical (unpaired) electrons. The van der Waals surface area contributed by atoms with Crippen LogP contribution in [-0.4, -0.2) is 28.0 Å². The predicted molar refractivity (Wildman–Crippen MR) is 68.3 cm³/mol. The van der Waals surface area contributed by atoms with Crippen molar-refractivity contribution in [2.24, 2.45) is 11.7 Å². The molecular formula is C13H24N2O3. The smallest absolute Gasteiger partial charge is 0.325 e. The molecule has 0 aromatic carbocycles. The minimum absolute atomic E-state index is 0.260. The Morgan fingerprint density at radius 3 is 2.28 bits per heavy atom. The quantitative estimate of drug-likeness (QED) is 0.829. The lowest BCUT2D eigenvalue weighted by atomic mass is 9.86. The van der Waals surface area contributed by atoms with Crippen molar-refractivity contribution in [1.29, 1.82) is 0 Å². The SMILES string of the molecule is CCCC(=O)ON1C(C)(C)CC(C(N)=O)C1(C)C. The Balaban J connectivity index is 2.94. The summed E-state index contributed by atoms with van der Waals surface area (Å²) in [4.78, 5) is 28.6. The van der Waals surface area contributed by atoms with Crippen molar-refractivity contribution in [3.63, 3.8) is 0 Å². The molecule has 18 heavy (non-hydrogen) atoms. The van der Waals surface area contributed by atoms with E-state index in [1.807, 2.05) is 34.6 Å². The van der Waals surface area contributed by atoms with E-state index < -0.39 is 5.54 Å². The highest BCUT2D eigenvalue weighted by Gasteiger charge is 2.56. The summed E-state index contributed by atoms with van der Waals surface area (Å²) in [5.41, 5.74) is 4.49. The molecule has 0 aromatic rings. The molecule has 0 aromatic heterocycles. The summed E-state index contributed by atoms with van der Waals surface area (Å²) in [6.07, 6.45) is 1.71. The van der Waals surface area contributed by atoms with Crippen LogP contribution in [0, 0.1) is 5.92 Å². The van der Waals surface area contributed by atoms with Crippen molar-refractivity contribution >= 4 is 11.9 Å². The molecule has 0 spiro atoms. The number of carbonyl (C=O) groups excluding carboxylic acids is 2. The molecule has 0 aliphatic carbocycles. The van der Waals surface area contributed by atoms with Gasteiger partial charge in [-0.2, -0.15) is 0 Å². The van der Waals surface area contributed by atoms with Gasteiger partial charge in [-0.25, -0.2) is 0 Å². The van der Waals surface area contributed by atoms with E-state index in [2.05, 4.69) is 0 Å². The summed E-state index contributed by atoms with van der Waals surface area (Å²) in [6, 6.07) is 0. The third-order valence-electron chi connectivity index (χ3n) is 3.62. The van der Waals surface area contributed by atoms with E-state index in [1.54, 1.807) is 5.06 Å².